The van der Waals surface area contributed by atoms with Crippen molar-refractivity contribution in [2.45, 2.75) is 0 Å². The molecule has 0 aliphatic heterocycles. The van der Waals surface area contributed by atoms with Gasteiger partial charge in [-0.1, -0.05) is 0 Å². The first-order valence-corrected chi connectivity index (χ1v) is 8.49. The Morgan fingerprint density at radius 1 is 1.04 bits per heavy atom. The fraction of sp³-hybridized carbons (Fsp3) is 0.0625. The Morgan fingerprint density at radius 2 is 1.77 bits per heavy atom. The van der Waals surface area contributed by atoms with Gasteiger partial charge in [-0.15, -0.1) is 0 Å². The molecule has 1 unspecified atom stereocenters. The molecule has 0 aliphatic rings. The van der Waals surface area contributed by atoms with Crippen molar-refractivity contribution in [3.63, 3.8) is 0 Å². The smallest absolute Gasteiger partial charge is 0.508 e. The summed E-state index contributed by atoms with van der Waals surface area (Å²) in [7, 11) is -2.60. The predicted molar refractivity (Wildman–Crippen MR) is 89.9 cm³/mol. The van der Waals surface area contributed by atoms with Gasteiger partial charge in [0.25, 0.3) is 0 Å². The van der Waals surface area contributed by atoms with E-state index in [1.165, 1.54) is 18.2 Å². The van der Waals surface area contributed by atoms with Crippen LogP contribution >= 0.6 is 8.03 Å². The van der Waals surface area contributed by atoms with E-state index < -0.39 is 31.3 Å². The first kappa shape index (κ1) is 17.5. The molecular weight excluding hydrogens is 367 g/mol. The van der Waals surface area contributed by atoms with Gasteiger partial charge in [0.15, 0.2) is 17.3 Å². The monoisotopic (exact) mass is 379 g/mol. The van der Waals surface area contributed by atoms with E-state index in [0.717, 1.165) is 12.1 Å². The Labute approximate surface area is 145 Å². The lowest BCUT2D eigenvalue weighted by Crippen LogP contribution is -2.03. The van der Waals surface area contributed by atoms with Crippen molar-refractivity contribution < 1.29 is 39.0 Å². The van der Waals surface area contributed by atoms with Crippen LogP contribution in [0.15, 0.2) is 39.5 Å². The van der Waals surface area contributed by atoms with Crippen LogP contribution in [-0.4, -0.2) is 31.7 Å². The number of benzene rings is 2. The fourth-order valence-electron chi connectivity index (χ4n) is 2.37. The minimum atomic E-state index is -2.60. The maximum Gasteiger partial charge on any atom is 0.547 e. The van der Waals surface area contributed by atoms with Crippen molar-refractivity contribution in [3.05, 3.63) is 40.6 Å². The second-order valence-corrected chi connectivity index (χ2v) is 6.22. The highest BCUT2D eigenvalue weighted by molar-refractivity contribution is 7.37. The zero-order valence-corrected chi connectivity index (χ0v) is 13.8. The van der Waals surface area contributed by atoms with E-state index in [4.69, 9.17) is 14.0 Å². The zero-order chi connectivity index (χ0) is 19.0. The van der Waals surface area contributed by atoms with E-state index in [9.17, 15) is 29.8 Å². The van der Waals surface area contributed by atoms with Gasteiger partial charge in [0.2, 0.25) is 11.2 Å². The average molecular weight is 379 g/mol. The van der Waals surface area contributed by atoms with E-state index in [1.807, 2.05) is 0 Å². The number of fused-ring (bicyclic) bond motifs is 1. The van der Waals surface area contributed by atoms with Crippen LogP contribution < -0.4 is 10.2 Å². The fourth-order valence-corrected chi connectivity index (χ4v) is 2.62. The highest BCUT2D eigenvalue weighted by atomic mass is 31.1. The van der Waals surface area contributed by atoms with Crippen LogP contribution in [0.5, 0.6) is 28.7 Å². The van der Waals surface area contributed by atoms with Crippen molar-refractivity contribution >= 4 is 19.0 Å². The van der Waals surface area contributed by atoms with Crippen molar-refractivity contribution in [2.24, 2.45) is 0 Å². The largest absolute Gasteiger partial charge is 0.547 e. The van der Waals surface area contributed by atoms with E-state index in [-0.39, 0.29) is 39.5 Å². The number of hydrogen-bond acceptors (Lipinski definition) is 8. The van der Waals surface area contributed by atoms with Crippen LogP contribution in [0.3, 0.4) is 0 Å². The summed E-state index contributed by atoms with van der Waals surface area (Å²) >= 11 is 0. The van der Waals surface area contributed by atoms with Gasteiger partial charge in [0, 0.05) is 17.7 Å². The molecular formula is C16H12O9P+. The van der Waals surface area contributed by atoms with Crippen LogP contribution in [0, 0.1) is 0 Å². The molecule has 0 saturated carbocycles. The molecule has 3 aromatic rings. The summed E-state index contributed by atoms with van der Waals surface area (Å²) in [6.45, 7) is 0. The Hall–Kier alpha value is -3.29. The quantitative estimate of drug-likeness (QED) is 0.429. The number of aromatic hydroxyl groups is 4. The summed E-state index contributed by atoms with van der Waals surface area (Å²) in [6.07, 6.45) is -0.568. The molecule has 9 nitrogen and oxygen atoms in total. The average Bonchev–Trinajstić information content (AvgIpc) is 2.56. The molecule has 0 aliphatic carbocycles. The molecule has 0 fully saturated rings. The van der Waals surface area contributed by atoms with Gasteiger partial charge in [0.05, 0.1) is 0 Å². The first-order valence-electron chi connectivity index (χ1n) is 7.09. The molecule has 0 bridgehead atoms. The standard InChI is InChI=1S/C16H11O9P/c17-8-4-10(19)13-12(5-8)25-16(15(21)14(13)20)7-1-2-9(18)11(3-7)24-6-26(22)23/h1-5H,6H2,(H4-,17,18,19,20,21,22,23)/p+1. The van der Waals surface area contributed by atoms with Crippen LogP contribution in [-0.2, 0) is 4.57 Å². The van der Waals surface area contributed by atoms with Crippen molar-refractivity contribution in [1.82, 2.24) is 0 Å². The van der Waals surface area contributed by atoms with Crippen LogP contribution in [0.25, 0.3) is 22.3 Å². The maximum absolute atomic E-state index is 12.3. The highest BCUT2D eigenvalue weighted by Crippen LogP contribution is 2.38. The van der Waals surface area contributed by atoms with E-state index in [0.29, 0.717) is 0 Å². The first-order chi connectivity index (χ1) is 12.3. The number of phenols is 3. The summed E-state index contributed by atoms with van der Waals surface area (Å²) in [6, 6.07) is 5.71. The molecule has 0 radical (unpaired) electrons. The van der Waals surface area contributed by atoms with Gasteiger partial charge >= 0.3 is 14.4 Å². The minimum Gasteiger partial charge on any atom is -0.508 e. The third kappa shape index (κ3) is 3.13. The third-order valence-electron chi connectivity index (χ3n) is 3.49. The van der Waals surface area contributed by atoms with Gasteiger partial charge in [0.1, 0.15) is 22.5 Å². The van der Waals surface area contributed by atoms with Gasteiger partial charge in [-0.3, -0.25) is 4.79 Å². The van der Waals surface area contributed by atoms with Crippen molar-refractivity contribution in [2.75, 3.05) is 6.35 Å². The van der Waals surface area contributed by atoms with E-state index in [2.05, 4.69) is 0 Å². The molecule has 3 rings (SSSR count). The number of phenolic OH excluding ortho intramolecular Hbond substituents is 3. The second-order valence-electron chi connectivity index (χ2n) is 5.26. The summed E-state index contributed by atoms with van der Waals surface area (Å²) < 4.78 is 21.2. The topological polar surface area (TPSA) is 158 Å². The highest BCUT2D eigenvalue weighted by Gasteiger charge is 2.20. The lowest BCUT2D eigenvalue weighted by molar-refractivity contribution is 0.337. The van der Waals surface area contributed by atoms with Gasteiger partial charge in [-0.2, -0.15) is 4.89 Å². The molecule has 0 saturated heterocycles. The predicted octanol–water partition coefficient (Wildman–Crippen LogP) is 2.35. The third-order valence-corrected chi connectivity index (χ3v) is 3.84. The Kier molecular flexibility index (Phi) is 4.41. The minimum absolute atomic E-state index is 0.116. The van der Waals surface area contributed by atoms with Crippen molar-refractivity contribution in [3.8, 4) is 40.1 Å². The summed E-state index contributed by atoms with van der Waals surface area (Å²) in [4.78, 5) is 21.1. The van der Waals surface area contributed by atoms with E-state index >= 15 is 0 Å². The molecule has 1 heterocycles. The van der Waals surface area contributed by atoms with Gasteiger partial charge in [-0.05, 0) is 22.8 Å². The van der Waals surface area contributed by atoms with Gasteiger partial charge in [-0.25, -0.2) is 0 Å². The molecule has 2 aromatic carbocycles. The van der Waals surface area contributed by atoms with Crippen LogP contribution in [0.4, 0.5) is 0 Å². The summed E-state index contributed by atoms with van der Waals surface area (Å²) in [5, 5.41) is 38.9. The lowest BCUT2D eigenvalue weighted by atomic mass is 10.1. The molecule has 26 heavy (non-hydrogen) atoms. The zero-order valence-electron chi connectivity index (χ0n) is 12.9. The SMILES string of the molecule is O=c1c(O)c(-c2ccc(O)c(OC[P+](=O)O)c2)oc2cc(O)cc(O)c12. The Morgan fingerprint density at radius 3 is 2.46 bits per heavy atom. The van der Waals surface area contributed by atoms with Crippen LogP contribution in [0.2, 0.25) is 0 Å². The summed E-state index contributed by atoms with van der Waals surface area (Å²) in [5.74, 6) is -2.51. The van der Waals surface area contributed by atoms with Crippen LogP contribution in [0.1, 0.15) is 0 Å². The molecule has 134 valence electrons. The molecule has 1 aromatic heterocycles. The summed E-state index contributed by atoms with van der Waals surface area (Å²) in [5.41, 5.74) is -0.979. The molecule has 0 amide bonds. The molecule has 5 N–H and O–H groups in total. The molecule has 10 heteroatoms. The number of rotatable bonds is 4. The molecule has 0 spiro atoms. The Balaban J connectivity index is 2.19. The maximum atomic E-state index is 12.3. The van der Waals surface area contributed by atoms with E-state index in [1.54, 1.807) is 0 Å². The van der Waals surface area contributed by atoms with Gasteiger partial charge < -0.3 is 29.6 Å². The number of hydrogen-bond donors (Lipinski definition) is 5. The normalized spacial score (nSPS) is 11.5. The van der Waals surface area contributed by atoms with Crippen molar-refractivity contribution in [1.29, 1.82) is 0 Å². The second kappa shape index (κ2) is 6.55. The lowest BCUT2D eigenvalue weighted by Gasteiger charge is -2.09. The number of ether oxygens (including phenoxy) is 1. The Bertz CT molecular complexity index is 1090. The molecule has 1 atom stereocenters.